The molecular formula is C8H16N2O2S. The Balaban J connectivity index is 2.06. The van der Waals surface area contributed by atoms with Crippen LogP contribution in [-0.2, 0) is 9.84 Å². The molecule has 2 aliphatic rings. The highest BCUT2D eigenvalue weighted by Gasteiger charge is 2.38. The molecule has 0 aromatic heterocycles. The zero-order valence-corrected chi connectivity index (χ0v) is 8.46. The van der Waals surface area contributed by atoms with Crippen LogP contribution in [0.4, 0.5) is 0 Å². The molecule has 1 atom stereocenters. The van der Waals surface area contributed by atoms with Gasteiger partial charge < -0.3 is 5.73 Å². The van der Waals surface area contributed by atoms with Gasteiger partial charge in [0.05, 0.1) is 11.5 Å². The molecule has 0 bridgehead atoms. The van der Waals surface area contributed by atoms with Crippen LogP contribution in [0.2, 0.25) is 0 Å². The van der Waals surface area contributed by atoms with Gasteiger partial charge in [-0.15, -0.1) is 0 Å². The van der Waals surface area contributed by atoms with Gasteiger partial charge in [0.25, 0.3) is 0 Å². The summed E-state index contributed by atoms with van der Waals surface area (Å²) in [6.45, 7) is 1.16. The Morgan fingerprint density at radius 1 is 1.38 bits per heavy atom. The molecule has 0 aromatic carbocycles. The lowest BCUT2D eigenvalue weighted by Crippen LogP contribution is -2.52. The molecule has 1 heterocycles. The number of nitrogens with zero attached hydrogens (tertiary/aromatic N) is 1. The van der Waals surface area contributed by atoms with E-state index in [1.807, 2.05) is 0 Å². The van der Waals surface area contributed by atoms with E-state index in [1.54, 1.807) is 0 Å². The van der Waals surface area contributed by atoms with Crippen LogP contribution in [0, 0.1) is 0 Å². The zero-order chi connectivity index (χ0) is 9.47. The molecule has 1 aliphatic carbocycles. The van der Waals surface area contributed by atoms with Crippen molar-refractivity contribution in [2.75, 3.05) is 24.6 Å². The summed E-state index contributed by atoms with van der Waals surface area (Å²) < 4.78 is 22.7. The lowest BCUT2D eigenvalue weighted by Gasteiger charge is -2.34. The Labute approximate surface area is 79.0 Å². The van der Waals surface area contributed by atoms with E-state index in [0.717, 1.165) is 0 Å². The van der Waals surface area contributed by atoms with Gasteiger partial charge >= 0.3 is 0 Å². The zero-order valence-electron chi connectivity index (χ0n) is 7.65. The fraction of sp³-hybridized carbons (Fsp3) is 1.00. The van der Waals surface area contributed by atoms with Gasteiger partial charge in [-0.3, -0.25) is 4.90 Å². The topological polar surface area (TPSA) is 63.4 Å². The molecule has 2 rings (SSSR count). The minimum atomic E-state index is -2.80. The van der Waals surface area contributed by atoms with Crippen LogP contribution >= 0.6 is 0 Å². The average Bonchev–Trinajstić information content (AvgIpc) is 2.86. The monoisotopic (exact) mass is 204 g/mol. The summed E-state index contributed by atoms with van der Waals surface area (Å²) in [5.74, 6) is 0.583. The molecule has 13 heavy (non-hydrogen) atoms. The molecule has 1 saturated heterocycles. The summed E-state index contributed by atoms with van der Waals surface area (Å²) in [5.41, 5.74) is 5.57. The maximum atomic E-state index is 11.3. The van der Waals surface area contributed by atoms with Crippen molar-refractivity contribution in [3.63, 3.8) is 0 Å². The quantitative estimate of drug-likeness (QED) is 0.640. The van der Waals surface area contributed by atoms with E-state index in [4.69, 9.17) is 5.73 Å². The first-order valence-corrected chi connectivity index (χ1v) is 6.61. The Hall–Kier alpha value is -0.130. The highest BCUT2D eigenvalue weighted by Crippen LogP contribution is 2.30. The minimum absolute atomic E-state index is 0.0752. The maximum Gasteiger partial charge on any atom is 0.153 e. The summed E-state index contributed by atoms with van der Waals surface area (Å²) in [4.78, 5) is 2.28. The highest BCUT2D eigenvalue weighted by atomic mass is 32.2. The average molecular weight is 204 g/mol. The Kier molecular flexibility index (Phi) is 2.33. The van der Waals surface area contributed by atoms with E-state index in [2.05, 4.69) is 4.90 Å². The number of hydrogen-bond acceptors (Lipinski definition) is 4. The third-order valence-electron chi connectivity index (χ3n) is 2.86. The van der Waals surface area contributed by atoms with Crippen LogP contribution in [-0.4, -0.2) is 50.0 Å². The Morgan fingerprint density at radius 2 is 2.08 bits per heavy atom. The first kappa shape index (κ1) is 9.43. The third kappa shape index (κ3) is 2.03. The normalized spacial score (nSPS) is 34.7. The molecule has 0 aromatic rings. The largest absolute Gasteiger partial charge is 0.329 e. The highest BCUT2D eigenvalue weighted by molar-refractivity contribution is 7.91. The Morgan fingerprint density at radius 3 is 2.62 bits per heavy atom. The van der Waals surface area contributed by atoms with Crippen molar-refractivity contribution in [2.45, 2.75) is 24.9 Å². The predicted molar refractivity (Wildman–Crippen MR) is 51.2 cm³/mol. The number of rotatable bonds is 2. The van der Waals surface area contributed by atoms with Crippen molar-refractivity contribution in [1.29, 1.82) is 0 Å². The summed E-state index contributed by atoms with van der Waals surface area (Å²) in [7, 11) is -2.80. The van der Waals surface area contributed by atoms with Gasteiger partial charge in [0.1, 0.15) is 0 Å². The van der Waals surface area contributed by atoms with Gasteiger partial charge in [0, 0.05) is 25.2 Å². The second-order valence-corrected chi connectivity index (χ2v) is 6.20. The van der Waals surface area contributed by atoms with E-state index >= 15 is 0 Å². The van der Waals surface area contributed by atoms with Gasteiger partial charge in [-0.2, -0.15) is 0 Å². The summed E-state index contributed by atoms with van der Waals surface area (Å²) in [5, 5.41) is 0. The molecule has 2 N–H and O–H groups in total. The van der Waals surface area contributed by atoms with Crippen LogP contribution in [0.15, 0.2) is 0 Å². The lowest BCUT2D eigenvalue weighted by molar-refractivity contribution is 0.208. The number of nitrogens with two attached hydrogens (primary N) is 1. The van der Waals surface area contributed by atoms with Crippen LogP contribution in [0.1, 0.15) is 12.8 Å². The molecule has 1 saturated carbocycles. The smallest absolute Gasteiger partial charge is 0.153 e. The minimum Gasteiger partial charge on any atom is -0.329 e. The molecule has 0 spiro atoms. The molecule has 76 valence electrons. The molecule has 1 unspecified atom stereocenters. The molecule has 0 amide bonds. The van der Waals surface area contributed by atoms with Crippen molar-refractivity contribution in [1.82, 2.24) is 4.90 Å². The van der Waals surface area contributed by atoms with E-state index in [9.17, 15) is 8.42 Å². The van der Waals surface area contributed by atoms with E-state index in [1.165, 1.54) is 12.8 Å². The van der Waals surface area contributed by atoms with Crippen LogP contribution < -0.4 is 5.73 Å². The van der Waals surface area contributed by atoms with Crippen LogP contribution in [0.25, 0.3) is 0 Å². The van der Waals surface area contributed by atoms with Crippen molar-refractivity contribution in [2.24, 2.45) is 5.73 Å². The molecule has 1 aliphatic heterocycles. The Bertz CT molecular complexity index is 285. The van der Waals surface area contributed by atoms with Crippen molar-refractivity contribution in [3.8, 4) is 0 Å². The van der Waals surface area contributed by atoms with E-state index < -0.39 is 9.84 Å². The van der Waals surface area contributed by atoms with Gasteiger partial charge in [-0.05, 0) is 12.8 Å². The van der Waals surface area contributed by atoms with E-state index in [-0.39, 0.29) is 11.8 Å². The predicted octanol–water partition coefficient (Wildman–Crippen LogP) is -0.793. The maximum absolute atomic E-state index is 11.3. The molecular weight excluding hydrogens is 188 g/mol. The molecule has 4 nitrogen and oxygen atoms in total. The van der Waals surface area contributed by atoms with Gasteiger partial charge in [0.15, 0.2) is 9.84 Å². The number of sulfone groups is 1. The SMILES string of the molecule is NCC1CS(=O)(=O)CCN1C1CC1. The second kappa shape index (κ2) is 3.22. The standard InChI is InChI=1S/C8H16N2O2S/c9-5-8-6-13(11,12)4-3-10(8)7-1-2-7/h7-8H,1-6,9H2. The lowest BCUT2D eigenvalue weighted by atomic mass is 10.2. The summed E-state index contributed by atoms with van der Waals surface area (Å²) in [6, 6.07) is 0.704. The summed E-state index contributed by atoms with van der Waals surface area (Å²) in [6.07, 6.45) is 2.44. The van der Waals surface area contributed by atoms with Crippen molar-refractivity contribution >= 4 is 9.84 Å². The van der Waals surface area contributed by atoms with Crippen molar-refractivity contribution in [3.05, 3.63) is 0 Å². The van der Waals surface area contributed by atoms with Gasteiger partial charge in [-0.1, -0.05) is 0 Å². The summed E-state index contributed by atoms with van der Waals surface area (Å²) >= 11 is 0. The fourth-order valence-corrected chi connectivity index (χ4v) is 3.56. The molecule has 5 heteroatoms. The molecule has 2 fully saturated rings. The number of hydrogen-bond donors (Lipinski definition) is 1. The van der Waals surface area contributed by atoms with Gasteiger partial charge in [-0.25, -0.2) is 8.42 Å². The first-order chi connectivity index (χ1) is 6.12. The van der Waals surface area contributed by atoms with Crippen LogP contribution in [0.5, 0.6) is 0 Å². The third-order valence-corrected chi connectivity index (χ3v) is 4.56. The van der Waals surface area contributed by atoms with Crippen LogP contribution in [0.3, 0.4) is 0 Å². The molecule has 0 radical (unpaired) electrons. The van der Waals surface area contributed by atoms with Crippen molar-refractivity contribution < 1.29 is 8.42 Å². The van der Waals surface area contributed by atoms with E-state index in [0.29, 0.717) is 24.9 Å². The second-order valence-electron chi connectivity index (χ2n) is 3.97. The first-order valence-electron chi connectivity index (χ1n) is 4.78. The van der Waals surface area contributed by atoms with Gasteiger partial charge in [0.2, 0.25) is 0 Å². The fourth-order valence-electron chi connectivity index (χ4n) is 1.99.